The van der Waals surface area contributed by atoms with Crippen LogP contribution < -0.4 is 26.2 Å². The number of fused-ring (bicyclic) bond motifs is 8. The van der Waals surface area contributed by atoms with E-state index in [1.807, 2.05) is 0 Å². The van der Waals surface area contributed by atoms with Gasteiger partial charge in [0.1, 0.15) is 11.2 Å². The van der Waals surface area contributed by atoms with Crippen LogP contribution >= 0.6 is 0 Å². The second-order valence-electron chi connectivity index (χ2n) is 13.6. The highest BCUT2D eigenvalue weighted by atomic mass is 16.3. The zero-order valence-electron chi connectivity index (χ0n) is 27.4. The van der Waals surface area contributed by atoms with Crippen molar-refractivity contribution in [2.75, 3.05) is 9.80 Å². The van der Waals surface area contributed by atoms with E-state index < -0.39 is 0 Å². The number of rotatable bonds is 3. The minimum Gasteiger partial charge on any atom is -0.456 e. The Morgan fingerprint density at radius 1 is 0.560 bits per heavy atom. The van der Waals surface area contributed by atoms with Gasteiger partial charge in [-0.05, 0) is 106 Å². The molecule has 3 nitrogen and oxygen atoms in total. The third-order valence-electron chi connectivity index (χ3n) is 10.9. The van der Waals surface area contributed by atoms with Crippen molar-refractivity contribution < 1.29 is 4.42 Å². The predicted octanol–water partition coefficient (Wildman–Crippen LogP) is 10.4. The molecule has 0 saturated heterocycles. The number of para-hydroxylation sites is 3. The summed E-state index contributed by atoms with van der Waals surface area (Å²) in [4.78, 5) is 5.03. The van der Waals surface area contributed by atoms with Gasteiger partial charge < -0.3 is 14.2 Å². The van der Waals surface area contributed by atoms with E-state index in [0.717, 1.165) is 40.5 Å². The topological polar surface area (TPSA) is 19.6 Å². The van der Waals surface area contributed by atoms with Gasteiger partial charge in [-0.1, -0.05) is 103 Å². The molecule has 0 saturated carbocycles. The monoisotopic (exact) mass is 638 g/mol. The highest BCUT2D eigenvalue weighted by Gasteiger charge is 2.44. The molecule has 0 N–H and O–H groups in total. The molecule has 234 valence electrons. The van der Waals surface area contributed by atoms with Crippen LogP contribution in [-0.2, 0) is 0 Å². The van der Waals surface area contributed by atoms with Crippen molar-refractivity contribution in [3.8, 4) is 11.1 Å². The number of furan rings is 1. The Labute approximate surface area is 291 Å². The van der Waals surface area contributed by atoms with Crippen LogP contribution in [0.3, 0.4) is 0 Å². The molecule has 7 aromatic carbocycles. The quantitative estimate of drug-likeness (QED) is 0.180. The summed E-state index contributed by atoms with van der Waals surface area (Å²) in [7, 11) is 0. The zero-order chi connectivity index (χ0) is 32.8. The molecule has 0 radical (unpaired) electrons. The van der Waals surface area contributed by atoms with Gasteiger partial charge >= 0.3 is 0 Å². The van der Waals surface area contributed by atoms with Crippen molar-refractivity contribution in [1.82, 2.24) is 0 Å². The molecule has 2 aliphatic heterocycles. The summed E-state index contributed by atoms with van der Waals surface area (Å²) in [6, 6.07) is 53.4. The largest absolute Gasteiger partial charge is 0.456 e. The van der Waals surface area contributed by atoms with Crippen molar-refractivity contribution in [3.05, 3.63) is 170 Å². The first-order valence-electron chi connectivity index (χ1n) is 17.5. The lowest BCUT2D eigenvalue weighted by atomic mass is 9.33. The molecule has 11 rings (SSSR count). The van der Waals surface area contributed by atoms with Gasteiger partial charge in [0.2, 0.25) is 0 Å². The van der Waals surface area contributed by atoms with E-state index in [0.29, 0.717) is 0 Å². The third-order valence-corrected chi connectivity index (χ3v) is 10.9. The molecule has 1 aromatic heterocycles. The van der Waals surface area contributed by atoms with Gasteiger partial charge in [-0.3, -0.25) is 0 Å². The van der Waals surface area contributed by atoms with Crippen LogP contribution in [0, 0.1) is 0 Å². The molecule has 0 amide bonds. The SMILES string of the molecule is C1=CCCC(N2c3ccccc3B3c4cccc(-c5ccc6oc7cc8ccccc8cc7c6c5)c4N(c4ccccc4)c4cccc2c43)=C1. The molecule has 0 bridgehead atoms. The first kappa shape index (κ1) is 27.7. The summed E-state index contributed by atoms with van der Waals surface area (Å²) in [5.74, 6) is 0. The first-order valence-corrected chi connectivity index (χ1v) is 17.5. The number of hydrogen-bond acceptors (Lipinski definition) is 3. The molecule has 3 aliphatic rings. The first-order chi connectivity index (χ1) is 24.8. The van der Waals surface area contributed by atoms with Crippen LogP contribution in [0.15, 0.2) is 174 Å². The highest BCUT2D eigenvalue weighted by molar-refractivity contribution is 7.00. The fourth-order valence-electron chi connectivity index (χ4n) is 8.73. The maximum absolute atomic E-state index is 6.43. The minimum atomic E-state index is 0.0909. The van der Waals surface area contributed by atoms with E-state index in [2.05, 4.69) is 174 Å². The summed E-state index contributed by atoms with van der Waals surface area (Å²) in [6.45, 7) is 0.0909. The molecule has 0 spiro atoms. The highest BCUT2D eigenvalue weighted by Crippen LogP contribution is 2.46. The fourth-order valence-corrected chi connectivity index (χ4v) is 8.73. The average molecular weight is 639 g/mol. The lowest BCUT2D eigenvalue weighted by molar-refractivity contribution is 0.669. The number of benzene rings is 7. The molecule has 1 aliphatic carbocycles. The Hall–Kier alpha value is -6.26. The van der Waals surface area contributed by atoms with Gasteiger partial charge in [0.25, 0.3) is 6.71 Å². The van der Waals surface area contributed by atoms with Gasteiger partial charge in [0.05, 0.1) is 0 Å². The summed E-state index contributed by atoms with van der Waals surface area (Å²) in [6.07, 6.45) is 8.84. The average Bonchev–Trinajstić information content (AvgIpc) is 3.54. The van der Waals surface area contributed by atoms with Crippen LogP contribution in [0.1, 0.15) is 12.8 Å². The van der Waals surface area contributed by atoms with Gasteiger partial charge in [-0.15, -0.1) is 0 Å². The van der Waals surface area contributed by atoms with E-state index in [4.69, 9.17) is 4.42 Å². The summed E-state index contributed by atoms with van der Waals surface area (Å²) in [5, 5.41) is 4.70. The lowest BCUT2D eigenvalue weighted by Crippen LogP contribution is -2.61. The van der Waals surface area contributed by atoms with Gasteiger partial charge in [0.15, 0.2) is 0 Å². The smallest absolute Gasteiger partial charge is 0.252 e. The van der Waals surface area contributed by atoms with Crippen LogP contribution in [0.5, 0.6) is 0 Å². The molecule has 0 unspecified atom stereocenters. The van der Waals surface area contributed by atoms with Crippen LogP contribution in [0.25, 0.3) is 43.8 Å². The Bertz CT molecular complexity index is 2740. The second-order valence-corrected chi connectivity index (χ2v) is 13.6. The molecular weight excluding hydrogens is 607 g/mol. The molecular formula is C46H31BN2O. The molecule has 3 heterocycles. The number of hydrogen-bond donors (Lipinski definition) is 0. The second kappa shape index (κ2) is 10.6. The standard InChI is InChI=1S/C46H31BN2O/c1-3-15-33(16-4-1)48-40-22-10-9-20-38(40)47-39-21-11-19-35(46(39)49(34-17-5-2-6-18-34)42-24-12-23-41(48)45(42)47)32-25-26-43-36(28-32)37-27-30-13-7-8-14-31(30)29-44(37)50-43/h1-3,5-15,17-29H,4,16H2. The summed E-state index contributed by atoms with van der Waals surface area (Å²) >= 11 is 0. The van der Waals surface area contributed by atoms with Crippen molar-refractivity contribution in [3.63, 3.8) is 0 Å². The summed E-state index contributed by atoms with van der Waals surface area (Å²) < 4.78 is 6.43. The van der Waals surface area contributed by atoms with E-state index >= 15 is 0 Å². The summed E-state index contributed by atoms with van der Waals surface area (Å²) in [5.41, 5.74) is 15.7. The van der Waals surface area contributed by atoms with Crippen molar-refractivity contribution >= 4 is 84.2 Å². The van der Waals surface area contributed by atoms with Crippen LogP contribution in [-0.4, -0.2) is 6.71 Å². The van der Waals surface area contributed by atoms with Gasteiger partial charge in [-0.25, -0.2) is 0 Å². The fraction of sp³-hybridized carbons (Fsp3) is 0.0435. The maximum atomic E-state index is 6.43. The van der Waals surface area contributed by atoms with Gasteiger partial charge in [0, 0.05) is 50.5 Å². The Morgan fingerprint density at radius 3 is 2.14 bits per heavy atom. The van der Waals surface area contributed by atoms with E-state index in [1.165, 1.54) is 66.7 Å². The zero-order valence-corrected chi connectivity index (χ0v) is 27.4. The number of anilines is 5. The minimum absolute atomic E-state index is 0.0909. The third kappa shape index (κ3) is 3.93. The maximum Gasteiger partial charge on any atom is 0.252 e. The van der Waals surface area contributed by atoms with Crippen molar-refractivity contribution in [2.24, 2.45) is 0 Å². The Kier molecular flexibility index (Phi) is 5.88. The molecule has 4 heteroatoms. The van der Waals surface area contributed by atoms with Crippen molar-refractivity contribution in [2.45, 2.75) is 12.8 Å². The number of nitrogens with zero attached hydrogens (tertiary/aromatic N) is 2. The van der Waals surface area contributed by atoms with Gasteiger partial charge in [-0.2, -0.15) is 0 Å². The van der Waals surface area contributed by atoms with Crippen LogP contribution in [0.4, 0.5) is 28.4 Å². The Balaban J connectivity index is 1.19. The van der Waals surface area contributed by atoms with E-state index in [9.17, 15) is 0 Å². The predicted molar refractivity (Wildman–Crippen MR) is 211 cm³/mol. The molecule has 8 aromatic rings. The number of allylic oxidation sites excluding steroid dienone is 4. The van der Waals surface area contributed by atoms with Crippen LogP contribution in [0.2, 0.25) is 0 Å². The molecule has 0 fully saturated rings. The van der Waals surface area contributed by atoms with E-state index in [1.54, 1.807) is 0 Å². The lowest BCUT2D eigenvalue weighted by Gasteiger charge is -2.45. The normalized spacial score (nSPS) is 14.6. The molecule has 0 atom stereocenters. The van der Waals surface area contributed by atoms with Crippen molar-refractivity contribution in [1.29, 1.82) is 0 Å². The van der Waals surface area contributed by atoms with E-state index in [-0.39, 0.29) is 6.71 Å². The Morgan fingerprint density at radius 2 is 1.28 bits per heavy atom. The molecule has 50 heavy (non-hydrogen) atoms.